The van der Waals surface area contributed by atoms with Crippen molar-refractivity contribution < 1.29 is 18.7 Å². The topological polar surface area (TPSA) is 130 Å². The number of anilines is 2. The summed E-state index contributed by atoms with van der Waals surface area (Å²) in [5, 5.41) is 11.3. The van der Waals surface area contributed by atoms with Crippen LogP contribution in [0.2, 0.25) is 5.02 Å². The summed E-state index contributed by atoms with van der Waals surface area (Å²) in [7, 11) is 3.04. The van der Waals surface area contributed by atoms with Gasteiger partial charge in [-0.2, -0.15) is 0 Å². The Bertz CT molecular complexity index is 1320. The van der Waals surface area contributed by atoms with Gasteiger partial charge in [-0.25, -0.2) is 9.67 Å². The van der Waals surface area contributed by atoms with Gasteiger partial charge in [0, 0.05) is 16.7 Å². The molecule has 3 N–H and O–H groups in total. The van der Waals surface area contributed by atoms with E-state index in [9.17, 15) is 4.79 Å². The number of halogens is 1. The normalized spacial score (nSPS) is 10.8. The summed E-state index contributed by atoms with van der Waals surface area (Å²) in [5.41, 5.74) is 7.93. The van der Waals surface area contributed by atoms with Crippen LogP contribution in [-0.2, 0) is 6.54 Å². The number of hydrogen-bond donors (Lipinski definition) is 2. The van der Waals surface area contributed by atoms with Crippen LogP contribution in [0, 0.1) is 6.92 Å². The molecule has 0 aliphatic rings. The van der Waals surface area contributed by atoms with E-state index in [2.05, 4.69) is 20.6 Å². The van der Waals surface area contributed by atoms with E-state index < -0.39 is 5.91 Å². The Kier molecular flexibility index (Phi) is 6.18. The molecule has 10 nitrogen and oxygen atoms in total. The lowest BCUT2D eigenvalue weighted by atomic mass is 10.2. The summed E-state index contributed by atoms with van der Waals surface area (Å²) in [6.07, 6.45) is 0. The maximum Gasteiger partial charge on any atom is 0.280 e. The highest BCUT2D eigenvalue weighted by Crippen LogP contribution is 2.30. The Morgan fingerprint density at radius 3 is 2.76 bits per heavy atom. The van der Waals surface area contributed by atoms with Gasteiger partial charge in [-0.05, 0) is 37.3 Å². The zero-order chi connectivity index (χ0) is 23.5. The van der Waals surface area contributed by atoms with Crippen LogP contribution in [0.4, 0.5) is 11.5 Å². The second-order valence-corrected chi connectivity index (χ2v) is 7.47. The minimum Gasteiger partial charge on any atom is -0.497 e. The maximum absolute atomic E-state index is 12.8. The van der Waals surface area contributed by atoms with Crippen molar-refractivity contribution >= 4 is 29.0 Å². The minimum atomic E-state index is -0.529. The average molecular weight is 469 g/mol. The van der Waals surface area contributed by atoms with Crippen molar-refractivity contribution in [3.8, 4) is 23.0 Å². The van der Waals surface area contributed by atoms with Crippen LogP contribution in [0.15, 0.2) is 46.9 Å². The van der Waals surface area contributed by atoms with Gasteiger partial charge in [-0.3, -0.25) is 4.79 Å². The first-order chi connectivity index (χ1) is 15.9. The Morgan fingerprint density at radius 2 is 2.03 bits per heavy atom. The summed E-state index contributed by atoms with van der Waals surface area (Å²) in [5.74, 6) is 1.60. The SMILES string of the molecule is COc1ccc(NC(=O)c2nnn(Cc3nc(-c4cccc(Cl)c4)oc3C)c2N)c(OC)c1. The van der Waals surface area contributed by atoms with Crippen LogP contribution in [0.1, 0.15) is 21.9 Å². The first-order valence-electron chi connectivity index (χ1n) is 9.84. The molecule has 0 bridgehead atoms. The van der Waals surface area contributed by atoms with Crippen LogP contribution in [0.5, 0.6) is 11.5 Å². The summed E-state index contributed by atoms with van der Waals surface area (Å²) in [6, 6.07) is 12.2. The fourth-order valence-electron chi connectivity index (χ4n) is 3.14. The molecule has 0 atom stereocenters. The van der Waals surface area contributed by atoms with E-state index in [1.54, 1.807) is 44.4 Å². The number of oxazole rings is 1. The molecule has 0 saturated carbocycles. The standard InChI is InChI=1S/C22H21ClN6O4/c1-12-17(26-22(33-12)13-5-4-6-14(23)9-13)11-29-20(24)19(27-28-29)21(30)25-16-8-7-15(31-2)10-18(16)32-3/h4-10H,11,24H2,1-3H3,(H,25,30). The third kappa shape index (κ3) is 4.60. The highest BCUT2D eigenvalue weighted by molar-refractivity contribution is 6.30. The number of aromatic nitrogens is 4. The number of aryl methyl sites for hydroxylation is 1. The van der Waals surface area contributed by atoms with E-state index >= 15 is 0 Å². The van der Waals surface area contributed by atoms with Gasteiger partial charge in [-0.1, -0.05) is 22.9 Å². The van der Waals surface area contributed by atoms with Crippen molar-refractivity contribution in [2.45, 2.75) is 13.5 Å². The van der Waals surface area contributed by atoms with Crippen molar-refractivity contribution in [1.82, 2.24) is 20.0 Å². The molecule has 2 aromatic heterocycles. The number of nitrogens with two attached hydrogens (primary N) is 1. The van der Waals surface area contributed by atoms with Gasteiger partial charge >= 0.3 is 0 Å². The predicted octanol–water partition coefficient (Wildman–Crippen LogP) is 3.79. The fourth-order valence-corrected chi connectivity index (χ4v) is 3.33. The van der Waals surface area contributed by atoms with E-state index in [-0.39, 0.29) is 18.1 Å². The third-order valence-corrected chi connectivity index (χ3v) is 5.14. The summed E-state index contributed by atoms with van der Waals surface area (Å²) >= 11 is 6.06. The summed E-state index contributed by atoms with van der Waals surface area (Å²) in [4.78, 5) is 17.3. The summed E-state index contributed by atoms with van der Waals surface area (Å²) < 4.78 is 17.6. The van der Waals surface area contributed by atoms with Crippen LogP contribution in [0.25, 0.3) is 11.5 Å². The van der Waals surface area contributed by atoms with Gasteiger partial charge in [0.25, 0.3) is 5.91 Å². The van der Waals surface area contributed by atoms with Crippen LogP contribution < -0.4 is 20.5 Å². The molecule has 0 saturated heterocycles. The molecule has 0 spiro atoms. The van der Waals surface area contributed by atoms with E-state index in [1.165, 1.54) is 11.8 Å². The van der Waals surface area contributed by atoms with Crippen molar-refractivity contribution in [1.29, 1.82) is 0 Å². The molecule has 11 heteroatoms. The molecule has 0 fully saturated rings. The van der Waals surface area contributed by atoms with E-state index in [4.69, 9.17) is 31.2 Å². The van der Waals surface area contributed by atoms with Crippen LogP contribution in [-0.4, -0.2) is 40.1 Å². The molecule has 2 aromatic carbocycles. The van der Waals surface area contributed by atoms with Gasteiger partial charge in [0.1, 0.15) is 23.0 Å². The maximum atomic E-state index is 12.8. The van der Waals surface area contributed by atoms with Gasteiger partial charge in [-0.15, -0.1) is 5.10 Å². The highest BCUT2D eigenvalue weighted by atomic mass is 35.5. The van der Waals surface area contributed by atoms with Crippen LogP contribution in [0.3, 0.4) is 0 Å². The van der Waals surface area contributed by atoms with Crippen molar-refractivity contribution in [3.05, 3.63) is 64.6 Å². The predicted molar refractivity (Wildman–Crippen MR) is 123 cm³/mol. The molecule has 1 amide bonds. The first-order valence-corrected chi connectivity index (χ1v) is 10.2. The lowest BCUT2D eigenvalue weighted by molar-refractivity contribution is 0.102. The molecule has 4 rings (SSSR count). The van der Waals surface area contributed by atoms with Crippen molar-refractivity contribution in [2.24, 2.45) is 0 Å². The first kappa shape index (κ1) is 22.2. The molecule has 0 aliphatic carbocycles. The molecule has 170 valence electrons. The lowest BCUT2D eigenvalue weighted by Gasteiger charge is -2.11. The van der Waals surface area contributed by atoms with E-state index in [0.717, 1.165) is 5.56 Å². The van der Waals surface area contributed by atoms with Crippen molar-refractivity contribution in [2.75, 3.05) is 25.3 Å². The Morgan fingerprint density at radius 1 is 1.21 bits per heavy atom. The minimum absolute atomic E-state index is 0.0240. The number of ether oxygens (including phenoxy) is 2. The van der Waals surface area contributed by atoms with Gasteiger partial charge in [0.05, 0.1) is 26.5 Å². The number of hydrogen-bond acceptors (Lipinski definition) is 8. The molecule has 0 aliphatic heterocycles. The molecule has 33 heavy (non-hydrogen) atoms. The molecule has 2 heterocycles. The smallest absolute Gasteiger partial charge is 0.280 e. The van der Waals surface area contributed by atoms with E-state index in [0.29, 0.717) is 39.6 Å². The highest BCUT2D eigenvalue weighted by Gasteiger charge is 2.21. The second kappa shape index (κ2) is 9.21. The zero-order valence-electron chi connectivity index (χ0n) is 18.1. The number of nitrogens with one attached hydrogen (secondary N) is 1. The monoisotopic (exact) mass is 468 g/mol. The molecule has 4 aromatic rings. The number of amides is 1. The quantitative estimate of drug-likeness (QED) is 0.419. The number of methoxy groups -OCH3 is 2. The Labute approximate surface area is 194 Å². The number of benzene rings is 2. The second-order valence-electron chi connectivity index (χ2n) is 7.03. The number of nitrogen functional groups attached to an aromatic ring is 1. The molecular weight excluding hydrogens is 448 g/mol. The molecular formula is C22H21ClN6O4. The Hall–Kier alpha value is -4.05. The number of carbonyl (C=O) groups excluding carboxylic acids is 1. The molecule has 0 radical (unpaired) electrons. The van der Waals surface area contributed by atoms with Crippen LogP contribution >= 0.6 is 11.6 Å². The fraction of sp³-hybridized carbons (Fsp3) is 0.182. The number of nitrogens with zero attached hydrogens (tertiary/aromatic N) is 4. The average Bonchev–Trinajstić information content (AvgIpc) is 3.36. The van der Waals surface area contributed by atoms with Gasteiger partial charge in [0.2, 0.25) is 5.89 Å². The Balaban J connectivity index is 1.53. The number of carbonyl (C=O) groups is 1. The van der Waals surface area contributed by atoms with Crippen molar-refractivity contribution in [3.63, 3.8) is 0 Å². The number of rotatable bonds is 7. The third-order valence-electron chi connectivity index (χ3n) is 4.91. The largest absolute Gasteiger partial charge is 0.497 e. The summed E-state index contributed by atoms with van der Waals surface area (Å²) in [6.45, 7) is 1.96. The van der Waals surface area contributed by atoms with Gasteiger partial charge < -0.3 is 24.9 Å². The lowest BCUT2D eigenvalue weighted by Crippen LogP contribution is -2.16. The molecule has 0 unspecified atom stereocenters. The zero-order valence-corrected chi connectivity index (χ0v) is 18.9. The van der Waals surface area contributed by atoms with Gasteiger partial charge in [0.15, 0.2) is 11.5 Å². The van der Waals surface area contributed by atoms with E-state index in [1.807, 2.05) is 12.1 Å².